The smallest absolute Gasteiger partial charge is 0.154 e. The number of Topliss-reactive ketones (excluding diaryl/α,β-unsaturated/α-hetero) is 1. The van der Waals surface area contributed by atoms with Crippen LogP contribution >= 0.6 is 23.2 Å². The maximum absolute atomic E-state index is 13.5. The summed E-state index contributed by atoms with van der Waals surface area (Å²) < 4.78 is 0. The molecule has 134 valence electrons. The summed E-state index contributed by atoms with van der Waals surface area (Å²) in [6, 6.07) is 16.0. The normalized spacial score (nSPS) is 38.0. The van der Waals surface area contributed by atoms with Crippen molar-refractivity contribution in [2.75, 3.05) is 26.2 Å². The highest BCUT2D eigenvalue weighted by atomic mass is 35.5. The molecule has 2 aromatic carbocycles. The molecule has 0 saturated carbocycles. The van der Waals surface area contributed by atoms with E-state index in [4.69, 9.17) is 23.2 Å². The summed E-state index contributed by atoms with van der Waals surface area (Å²) in [5.41, 5.74) is 1.43. The molecule has 26 heavy (non-hydrogen) atoms. The standard InChI is InChI=1S/C21H20Cl2N2O/c1-20-10-24-12-21(19(20)26,14-5-3-2-4-6-14)13-25(11-20)18(24)16-8-7-15(22)9-17(16)23/h2-9,18H,10-13H2,1H3. The minimum atomic E-state index is -0.443. The summed E-state index contributed by atoms with van der Waals surface area (Å²) in [4.78, 5) is 18.3. The number of piperidine rings is 2. The molecule has 4 fully saturated rings. The topological polar surface area (TPSA) is 23.6 Å². The number of nitrogens with zero attached hydrogens (tertiary/aromatic N) is 2. The first-order chi connectivity index (χ1) is 12.4. The zero-order chi connectivity index (χ0) is 18.1. The lowest BCUT2D eigenvalue weighted by molar-refractivity contribution is -0.185. The molecular weight excluding hydrogens is 367 g/mol. The van der Waals surface area contributed by atoms with Crippen LogP contribution in [0.3, 0.4) is 0 Å². The van der Waals surface area contributed by atoms with Gasteiger partial charge in [0.25, 0.3) is 0 Å². The first-order valence-electron chi connectivity index (χ1n) is 8.97. The number of carbonyl (C=O) groups is 1. The van der Waals surface area contributed by atoms with E-state index in [2.05, 4.69) is 28.9 Å². The van der Waals surface area contributed by atoms with Crippen LogP contribution in [0.15, 0.2) is 48.5 Å². The summed E-state index contributed by atoms with van der Waals surface area (Å²) in [7, 11) is 0. The fourth-order valence-corrected chi connectivity index (χ4v) is 5.92. The summed E-state index contributed by atoms with van der Waals surface area (Å²) in [6.07, 6.45) is 0.109. The molecule has 5 heteroatoms. The zero-order valence-corrected chi connectivity index (χ0v) is 16.1. The lowest BCUT2D eigenvalue weighted by Gasteiger charge is -2.65. The van der Waals surface area contributed by atoms with Gasteiger partial charge in [0.15, 0.2) is 5.78 Å². The number of halogens is 2. The average Bonchev–Trinajstić information content (AvgIpc) is 2.60. The number of carbonyl (C=O) groups excluding carboxylic acids is 1. The van der Waals surface area contributed by atoms with Crippen LogP contribution in [-0.2, 0) is 10.2 Å². The van der Waals surface area contributed by atoms with Crippen molar-refractivity contribution in [3.05, 3.63) is 69.7 Å². The van der Waals surface area contributed by atoms with Crippen molar-refractivity contribution in [2.45, 2.75) is 18.5 Å². The second-order valence-electron chi connectivity index (χ2n) is 8.19. The molecule has 6 rings (SSSR count). The second kappa shape index (κ2) is 5.56. The highest BCUT2D eigenvalue weighted by Gasteiger charge is 2.64. The quantitative estimate of drug-likeness (QED) is 0.774. The zero-order valence-electron chi connectivity index (χ0n) is 14.6. The number of hydrogen-bond acceptors (Lipinski definition) is 3. The third-order valence-corrected chi connectivity index (χ3v) is 6.85. The van der Waals surface area contributed by atoms with Gasteiger partial charge in [-0.3, -0.25) is 14.6 Å². The van der Waals surface area contributed by atoms with Crippen LogP contribution in [0.5, 0.6) is 0 Å². The number of benzene rings is 2. The molecule has 2 unspecified atom stereocenters. The van der Waals surface area contributed by atoms with Crippen molar-refractivity contribution in [1.82, 2.24) is 9.80 Å². The van der Waals surface area contributed by atoms with Crippen LogP contribution in [0.2, 0.25) is 10.0 Å². The van der Waals surface area contributed by atoms with E-state index in [1.807, 2.05) is 36.4 Å². The largest absolute Gasteiger partial charge is 0.298 e. The van der Waals surface area contributed by atoms with Crippen molar-refractivity contribution >= 4 is 29.0 Å². The Bertz CT molecular complexity index is 882. The molecule has 2 atom stereocenters. The monoisotopic (exact) mass is 386 g/mol. The van der Waals surface area contributed by atoms with Gasteiger partial charge in [0.2, 0.25) is 0 Å². The van der Waals surface area contributed by atoms with Crippen molar-refractivity contribution < 1.29 is 4.79 Å². The number of ketones is 1. The summed E-state index contributed by atoms with van der Waals surface area (Å²) in [6.45, 7) is 5.16. The highest BCUT2D eigenvalue weighted by molar-refractivity contribution is 6.35. The maximum atomic E-state index is 13.5. The predicted molar refractivity (Wildman–Crippen MR) is 104 cm³/mol. The molecular formula is C21H20Cl2N2O. The Balaban J connectivity index is 1.61. The third-order valence-electron chi connectivity index (χ3n) is 6.29. The maximum Gasteiger partial charge on any atom is 0.154 e. The minimum absolute atomic E-state index is 0.109. The Labute approximate surface area is 163 Å². The van der Waals surface area contributed by atoms with Crippen LogP contribution in [0.4, 0.5) is 0 Å². The molecule has 0 spiro atoms. The van der Waals surface area contributed by atoms with Gasteiger partial charge in [-0.1, -0.05) is 66.5 Å². The van der Waals surface area contributed by atoms with Crippen LogP contribution in [0, 0.1) is 5.41 Å². The third kappa shape index (κ3) is 2.18. The van der Waals surface area contributed by atoms with Crippen molar-refractivity contribution in [1.29, 1.82) is 0 Å². The number of hydrogen-bond donors (Lipinski definition) is 0. The predicted octanol–water partition coefficient (Wildman–Crippen LogP) is 4.15. The van der Waals surface area contributed by atoms with Crippen molar-refractivity contribution in [2.24, 2.45) is 5.41 Å². The van der Waals surface area contributed by atoms with E-state index in [9.17, 15) is 4.79 Å². The second-order valence-corrected chi connectivity index (χ2v) is 9.03. The first-order valence-corrected chi connectivity index (χ1v) is 9.72. The lowest BCUT2D eigenvalue weighted by Crippen LogP contribution is -2.77. The SMILES string of the molecule is CC12CN3CC(c4ccccc4)(CN(C1)C3c1ccc(Cl)cc1Cl)C2=O. The molecule has 3 nitrogen and oxygen atoms in total. The number of rotatable bonds is 2. The van der Waals surface area contributed by atoms with E-state index in [1.54, 1.807) is 0 Å². The lowest BCUT2D eigenvalue weighted by atomic mass is 9.58. The Morgan fingerprint density at radius 3 is 2.23 bits per heavy atom. The summed E-state index contributed by atoms with van der Waals surface area (Å²) >= 11 is 12.6. The molecule has 0 aliphatic carbocycles. The van der Waals surface area contributed by atoms with E-state index >= 15 is 0 Å². The van der Waals surface area contributed by atoms with Gasteiger partial charge in [0, 0.05) is 41.8 Å². The van der Waals surface area contributed by atoms with Gasteiger partial charge < -0.3 is 0 Å². The molecule has 4 heterocycles. The molecule has 0 N–H and O–H groups in total. The fourth-order valence-electron chi connectivity index (χ4n) is 5.42. The summed E-state index contributed by atoms with van der Waals surface area (Å²) in [5, 5.41) is 1.34. The van der Waals surface area contributed by atoms with Crippen molar-refractivity contribution in [3.8, 4) is 0 Å². The average molecular weight is 387 g/mol. The van der Waals surface area contributed by atoms with Gasteiger partial charge in [-0.25, -0.2) is 0 Å². The first kappa shape index (κ1) is 16.8. The molecule has 4 bridgehead atoms. The van der Waals surface area contributed by atoms with E-state index in [0.717, 1.165) is 37.3 Å². The van der Waals surface area contributed by atoms with Crippen molar-refractivity contribution in [3.63, 3.8) is 0 Å². The molecule has 0 aromatic heterocycles. The van der Waals surface area contributed by atoms with Gasteiger partial charge in [0.1, 0.15) is 0 Å². The van der Waals surface area contributed by atoms with E-state index in [-0.39, 0.29) is 11.6 Å². The van der Waals surface area contributed by atoms with Gasteiger partial charge in [-0.2, -0.15) is 0 Å². The molecule has 4 aliphatic heterocycles. The van der Waals surface area contributed by atoms with E-state index < -0.39 is 5.41 Å². The Hall–Kier alpha value is -1.39. The fraction of sp³-hybridized carbons (Fsp3) is 0.381. The minimum Gasteiger partial charge on any atom is -0.298 e. The van der Waals surface area contributed by atoms with E-state index in [0.29, 0.717) is 15.8 Å². The molecule has 0 radical (unpaired) electrons. The van der Waals surface area contributed by atoms with Crippen LogP contribution in [-0.4, -0.2) is 41.8 Å². The molecule has 0 amide bonds. The van der Waals surface area contributed by atoms with E-state index in [1.165, 1.54) is 0 Å². The molecule has 4 saturated heterocycles. The van der Waals surface area contributed by atoms with Crippen LogP contribution in [0.1, 0.15) is 24.2 Å². The Morgan fingerprint density at radius 2 is 1.62 bits per heavy atom. The highest BCUT2D eigenvalue weighted by Crippen LogP contribution is 2.53. The van der Waals surface area contributed by atoms with Gasteiger partial charge in [-0.15, -0.1) is 0 Å². The van der Waals surface area contributed by atoms with Crippen LogP contribution in [0.25, 0.3) is 0 Å². The Morgan fingerprint density at radius 1 is 0.962 bits per heavy atom. The molecule has 2 aromatic rings. The Kier molecular flexibility index (Phi) is 3.58. The van der Waals surface area contributed by atoms with Crippen LogP contribution < -0.4 is 0 Å². The van der Waals surface area contributed by atoms with Gasteiger partial charge >= 0.3 is 0 Å². The van der Waals surface area contributed by atoms with Gasteiger partial charge in [0.05, 0.1) is 17.0 Å². The molecule has 4 aliphatic rings. The van der Waals surface area contributed by atoms with Gasteiger partial charge in [-0.05, 0) is 17.7 Å². The summed E-state index contributed by atoms with van der Waals surface area (Å²) in [5.74, 6) is 0.393.